The first-order chi connectivity index (χ1) is 18.0. The second kappa shape index (κ2) is 9.71. The Kier molecular flexibility index (Phi) is 6.24. The van der Waals surface area contributed by atoms with Crippen molar-refractivity contribution in [2.24, 2.45) is 7.05 Å². The van der Waals surface area contributed by atoms with Gasteiger partial charge in [-0.05, 0) is 49.9 Å². The van der Waals surface area contributed by atoms with Crippen molar-refractivity contribution in [3.05, 3.63) is 71.1 Å². The van der Waals surface area contributed by atoms with Gasteiger partial charge in [-0.1, -0.05) is 29.4 Å². The van der Waals surface area contributed by atoms with Gasteiger partial charge < -0.3 is 18.7 Å². The molecule has 1 saturated heterocycles. The van der Waals surface area contributed by atoms with Gasteiger partial charge >= 0.3 is 5.97 Å². The first-order valence-electron chi connectivity index (χ1n) is 13.2. The van der Waals surface area contributed by atoms with Crippen molar-refractivity contribution in [1.29, 1.82) is 0 Å². The molecule has 4 aromatic rings. The number of piperazine rings is 1. The molecule has 3 heterocycles. The molecule has 0 bridgehead atoms. The van der Waals surface area contributed by atoms with Crippen molar-refractivity contribution >= 4 is 22.6 Å². The predicted molar refractivity (Wildman–Crippen MR) is 145 cm³/mol. The largest absolute Gasteiger partial charge is 0.465 e. The Morgan fingerprint density at radius 1 is 1.11 bits per heavy atom. The smallest absolute Gasteiger partial charge is 0.340 e. The normalized spacial score (nSPS) is 16.5. The summed E-state index contributed by atoms with van der Waals surface area (Å²) in [5.41, 5.74) is 7.61. The van der Waals surface area contributed by atoms with Crippen molar-refractivity contribution in [3.63, 3.8) is 0 Å². The summed E-state index contributed by atoms with van der Waals surface area (Å²) in [6, 6.07) is 14.8. The van der Waals surface area contributed by atoms with Crippen molar-refractivity contribution in [2.75, 3.05) is 44.7 Å². The summed E-state index contributed by atoms with van der Waals surface area (Å²) in [6.45, 7) is 7.14. The van der Waals surface area contributed by atoms with Crippen LogP contribution in [0, 0.1) is 6.92 Å². The van der Waals surface area contributed by atoms with Crippen LogP contribution < -0.4 is 4.90 Å². The van der Waals surface area contributed by atoms with Crippen LogP contribution >= 0.6 is 0 Å². The number of carbonyl (C=O) groups excluding carboxylic acids is 1. The van der Waals surface area contributed by atoms with E-state index in [1.807, 2.05) is 23.9 Å². The molecule has 6 rings (SSSR count). The van der Waals surface area contributed by atoms with Gasteiger partial charge in [0.2, 0.25) is 0 Å². The number of methoxy groups -OCH3 is 1. The van der Waals surface area contributed by atoms with E-state index in [0.29, 0.717) is 11.5 Å². The summed E-state index contributed by atoms with van der Waals surface area (Å²) in [7, 11) is 3.40. The van der Waals surface area contributed by atoms with E-state index in [4.69, 9.17) is 9.26 Å². The van der Waals surface area contributed by atoms with E-state index in [-0.39, 0.29) is 5.97 Å². The number of hydrogen-bond donors (Lipinski definition) is 0. The van der Waals surface area contributed by atoms with Gasteiger partial charge in [0.05, 0.1) is 18.2 Å². The van der Waals surface area contributed by atoms with Crippen LogP contribution in [0.25, 0.3) is 22.2 Å². The standard InChI is InChI=1S/C30H34N4O3/c1-20-6-4-5-7-23(20)28-25(29(37-31-28)21-8-9-21)12-13-33-14-16-34(17-15-33)22-10-11-24-26(30(35)36-3)19-32(2)27(24)18-22/h4-7,10-11,18-19,21H,8-9,12-17H2,1-3H3. The third-order valence-corrected chi connectivity index (χ3v) is 7.96. The lowest BCUT2D eigenvalue weighted by molar-refractivity contribution is 0.0602. The molecule has 0 amide bonds. The number of aromatic nitrogens is 2. The Bertz CT molecular complexity index is 1440. The summed E-state index contributed by atoms with van der Waals surface area (Å²) in [6.07, 6.45) is 5.23. The second-order valence-corrected chi connectivity index (χ2v) is 10.4. The van der Waals surface area contributed by atoms with Crippen LogP contribution in [0.4, 0.5) is 5.69 Å². The number of rotatable bonds is 7. The van der Waals surface area contributed by atoms with Crippen LogP contribution in [0.2, 0.25) is 0 Å². The number of fused-ring (bicyclic) bond motifs is 1. The number of benzene rings is 2. The van der Waals surface area contributed by atoms with Gasteiger partial charge in [0.15, 0.2) is 0 Å². The molecule has 2 aliphatic rings. The van der Waals surface area contributed by atoms with Gasteiger partial charge in [-0.3, -0.25) is 4.90 Å². The van der Waals surface area contributed by atoms with E-state index in [1.165, 1.54) is 42.3 Å². The highest BCUT2D eigenvalue weighted by Crippen LogP contribution is 2.44. The molecule has 2 fully saturated rings. The summed E-state index contributed by atoms with van der Waals surface area (Å²) in [4.78, 5) is 17.1. The molecule has 0 spiro atoms. The van der Waals surface area contributed by atoms with Gasteiger partial charge in [0.25, 0.3) is 0 Å². The summed E-state index contributed by atoms with van der Waals surface area (Å²) >= 11 is 0. The van der Waals surface area contributed by atoms with E-state index in [9.17, 15) is 4.79 Å². The maximum atomic E-state index is 12.1. The highest BCUT2D eigenvalue weighted by molar-refractivity contribution is 6.05. The highest BCUT2D eigenvalue weighted by Gasteiger charge is 2.33. The molecule has 1 saturated carbocycles. The fourth-order valence-corrected chi connectivity index (χ4v) is 5.62. The van der Waals surface area contributed by atoms with Gasteiger partial charge in [-0.2, -0.15) is 0 Å². The van der Waals surface area contributed by atoms with Crippen molar-refractivity contribution in [3.8, 4) is 11.3 Å². The van der Waals surface area contributed by atoms with Gasteiger partial charge in [-0.25, -0.2) is 4.79 Å². The molecule has 7 heteroatoms. The molecule has 2 aromatic heterocycles. The number of nitrogens with zero attached hydrogens (tertiary/aromatic N) is 4. The third-order valence-electron chi connectivity index (χ3n) is 7.96. The Labute approximate surface area is 217 Å². The Morgan fingerprint density at radius 2 is 1.89 bits per heavy atom. The number of aryl methyl sites for hydroxylation is 2. The number of anilines is 1. The number of ether oxygens (including phenoxy) is 1. The fraction of sp³-hybridized carbons (Fsp3) is 0.400. The van der Waals surface area contributed by atoms with Crippen LogP contribution in [-0.2, 0) is 18.2 Å². The molecule has 0 unspecified atom stereocenters. The Balaban J connectivity index is 1.13. The number of carbonyl (C=O) groups is 1. The minimum atomic E-state index is -0.296. The molecule has 7 nitrogen and oxygen atoms in total. The summed E-state index contributed by atoms with van der Waals surface area (Å²) in [5, 5.41) is 5.47. The SMILES string of the molecule is COC(=O)c1cn(C)c2cc(N3CCN(CCc4c(-c5ccccc5C)noc4C4CC4)CC3)ccc12. The molecule has 192 valence electrons. The second-order valence-electron chi connectivity index (χ2n) is 10.4. The molecule has 1 aliphatic heterocycles. The van der Waals surface area contributed by atoms with E-state index in [0.717, 1.165) is 61.5 Å². The maximum absolute atomic E-state index is 12.1. The van der Waals surface area contributed by atoms with Crippen LogP contribution in [0.1, 0.15) is 46.0 Å². The van der Waals surface area contributed by atoms with E-state index in [1.54, 1.807) is 0 Å². The van der Waals surface area contributed by atoms with Crippen LogP contribution in [0.5, 0.6) is 0 Å². The number of esters is 1. The van der Waals surface area contributed by atoms with Gasteiger partial charge in [0.1, 0.15) is 11.5 Å². The average Bonchev–Trinajstić information content (AvgIpc) is 3.61. The highest BCUT2D eigenvalue weighted by atomic mass is 16.5. The number of hydrogen-bond acceptors (Lipinski definition) is 6. The zero-order chi connectivity index (χ0) is 25.5. The van der Waals surface area contributed by atoms with Crippen LogP contribution in [0.15, 0.2) is 53.2 Å². The molecular formula is C30H34N4O3. The minimum absolute atomic E-state index is 0.296. The summed E-state index contributed by atoms with van der Waals surface area (Å²) in [5.74, 6) is 1.36. The Morgan fingerprint density at radius 3 is 2.62 bits per heavy atom. The Hall–Kier alpha value is -3.58. The van der Waals surface area contributed by atoms with E-state index < -0.39 is 0 Å². The molecule has 2 aromatic carbocycles. The minimum Gasteiger partial charge on any atom is -0.465 e. The topological polar surface area (TPSA) is 63.7 Å². The molecule has 37 heavy (non-hydrogen) atoms. The maximum Gasteiger partial charge on any atom is 0.340 e. The van der Waals surface area contributed by atoms with Gasteiger partial charge in [-0.15, -0.1) is 0 Å². The molecule has 0 atom stereocenters. The summed E-state index contributed by atoms with van der Waals surface area (Å²) < 4.78 is 12.9. The van der Waals surface area contributed by atoms with E-state index in [2.05, 4.69) is 58.3 Å². The molecule has 0 radical (unpaired) electrons. The van der Waals surface area contributed by atoms with Crippen molar-refractivity contribution in [2.45, 2.75) is 32.1 Å². The molecular weight excluding hydrogens is 464 g/mol. The van der Waals surface area contributed by atoms with Crippen molar-refractivity contribution < 1.29 is 14.1 Å². The fourth-order valence-electron chi connectivity index (χ4n) is 5.62. The first-order valence-corrected chi connectivity index (χ1v) is 13.2. The third kappa shape index (κ3) is 4.53. The monoisotopic (exact) mass is 498 g/mol. The zero-order valence-electron chi connectivity index (χ0n) is 21.9. The van der Waals surface area contributed by atoms with Crippen LogP contribution in [0.3, 0.4) is 0 Å². The quantitative estimate of drug-likeness (QED) is 0.328. The lowest BCUT2D eigenvalue weighted by atomic mass is 9.98. The van der Waals surface area contributed by atoms with Crippen molar-refractivity contribution in [1.82, 2.24) is 14.6 Å². The zero-order valence-corrected chi connectivity index (χ0v) is 21.9. The molecule has 1 aliphatic carbocycles. The first kappa shape index (κ1) is 23.8. The van der Waals surface area contributed by atoms with E-state index >= 15 is 0 Å². The van der Waals surface area contributed by atoms with Gasteiger partial charge in [0, 0.05) is 74.1 Å². The lowest BCUT2D eigenvalue weighted by Gasteiger charge is -2.36. The predicted octanol–water partition coefficient (Wildman–Crippen LogP) is 5.17. The lowest BCUT2D eigenvalue weighted by Crippen LogP contribution is -2.47. The average molecular weight is 499 g/mol. The molecule has 0 N–H and O–H groups in total. The van der Waals surface area contributed by atoms with Crippen LogP contribution in [-0.4, -0.2) is 60.4 Å².